The van der Waals surface area contributed by atoms with E-state index in [2.05, 4.69) is 11.4 Å². The van der Waals surface area contributed by atoms with Crippen molar-refractivity contribution in [1.82, 2.24) is 5.32 Å². The van der Waals surface area contributed by atoms with Crippen molar-refractivity contribution in [3.63, 3.8) is 0 Å². The Labute approximate surface area is 118 Å². The number of carbonyl (C=O) groups excluding carboxylic acids is 1. The monoisotopic (exact) mass is 274 g/mol. The average molecular weight is 274 g/mol. The third kappa shape index (κ3) is 2.69. The van der Waals surface area contributed by atoms with Crippen molar-refractivity contribution in [2.75, 3.05) is 13.2 Å². The first-order valence-electron chi connectivity index (χ1n) is 6.77. The Morgan fingerprint density at radius 2 is 1.95 bits per heavy atom. The molecule has 0 saturated heterocycles. The van der Waals surface area contributed by atoms with Gasteiger partial charge < -0.3 is 14.8 Å². The smallest absolute Gasteiger partial charge is 0.252 e. The molecular weight excluding hydrogens is 256 g/mol. The standard InChI is InChI=1S/C15H18N2O3/c1-3-15(4-2,10-16)17-14(18)11-5-6-12-13(9-11)20-8-7-19-12/h5-6,9H,3-4,7-8H2,1-2H3,(H,17,18). The summed E-state index contributed by atoms with van der Waals surface area (Å²) in [5.74, 6) is 0.942. The normalized spacial score (nSPS) is 13.4. The molecule has 0 aliphatic carbocycles. The second-order valence-corrected chi connectivity index (χ2v) is 4.71. The van der Waals surface area contributed by atoms with Gasteiger partial charge in [0, 0.05) is 5.56 Å². The van der Waals surface area contributed by atoms with Gasteiger partial charge in [0.25, 0.3) is 5.91 Å². The highest BCUT2D eigenvalue weighted by atomic mass is 16.6. The van der Waals surface area contributed by atoms with E-state index < -0.39 is 5.54 Å². The van der Waals surface area contributed by atoms with Gasteiger partial charge in [0.1, 0.15) is 18.8 Å². The summed E-state index contributed by atoms with van der Waals surface area (Å²) < 4.78 is 10.9. The number of benzene rings is 1. The maximum atomic E-state index is 12.3. The quantitative estimate of drug-likeness (QED) is 0.914. The average Bonchev–Trinajstić information content (AvgIpc) is 2.52. The van der Waals surface area contributed by atoms with Crippen LogP contribution in [0.1, 0.15) is 37.0 Å². The van der Waals surface area contributed by atoms with Crippen LogP contribution in [0, 0.1) is 11.3 Å². The van der Waals surface area contributed by atoms with Gasteiger partial charge in [-0.3, -0.25) is 4.79 Å². The number of amides is 1. The van der Waals surface area contributed by atoms with Crippen molar-refractivity contribution in [2.24, 2.45) is 0 Å². The topological polar surface area (TPSA) is 71.4 Å². The predicted molar refractivity (Wildman–Crippen MR) is 73.8 cm³/mol. The van der Waals surface area contributed by atoms with Crippen LogP contribution in [0.2, 0.25) is 0 Å². The first-order valence-corrected chi connectivity index (χ1v) is 6.77. The van der Waals surface area contributed by atoms with Crippen LogP contribution in [0.25, 0.3) is 0 Å². The van der Waals surface area contributed by atoms with E-state index >= 15 is 0 Å². The third-order valence-corrected chi connectivity index (χ3v) is 3.58. The molecule has 1 aromatic carbocycles. The molecule has 0 aromatic heterocycles. The lowest BCUT2D eigenvalue weighted by molar-refractivity contribution is 0.0914. The molecule has 20 heavy (non-hydrogen) atoms. The van der Waals surface area contributed by atoms with E-state index in [1.807, 2.05) is 13.8 Å². The number of nitrogens with zero attached hydrogens (tertiary/aromatic N) is 1. The molecule has 1 aromatic rings. The zero-order chi connectivity index (χ0) is 14.6. The second-order valence-electron chi connectivity index (χ2n) is 4.71. The fourth-order valence-electron chi connectivity index (χ4n) is 2.09. The first kappa shape index (κ1) is 14.2. The molecule has 0 atom stereocenters. The number of fused-ring (bicyclic) bond motifs is 1. The van der Waals surface area contributed by atoms with Gasteiger partial charge in [0.05, 0.1) is 6.07 Å². The SMILES string of the molecule is CCC(C#N)(CC)NC(=O)c1ccc2c(c1)OCCO2. The van der Waals surface area contributed by atoms with Gasteiger partial charge in [-0.15, -0.1) is 0 Å². The Bertz CT molecular complexity index is 545. The Morgan fingerprint density at radius 1 is 1.30 bits per heavy atom. The van der Waals surface area contributed by atoms with E-state index in [9.17, 15) is 10.1 Å². The van der Waals surface area contributed by atoms with Gasteiger partial charge in [-0.05, 0) is 31.0 Å². The highest BCUT2D eigenvalue weighted by Crippen LogP contribution is 2.31. The van der Waals surface area contributed by atoms with Gasteiger partial charge in [0.2, 0.25) is 0 Å². The van der Waals surface area contributed by atoms with Crippen LogP contribution >= 0.6 is 0 Å². The molecule has 1 heterocycles. The molecule has 0 radical (unpaired) electrons. The third-order valence-electron chi connectivity index (χ3n) is 3.58. The van der Waals surface area contributed by atoms with Crippen molar-refractivity contribution in [2.45, 2.75) is 32.2 Å². The molecule has 1 aliphatic heterocycles. The molecule has 0 spiro atoms. The lowest BCUT2D eigenvalue weighted by Crippen LogP contribution is -2.46. The minimum atomic E-state index is -0.815. The van der Waals surface area contributed by atoms with E-state index in [4.69, 9.17) is 9.47 Å². The van der Waals surface area contributed by atoms with E-state index in [1.165, 1.54) is 0 Å². The zero-order valence-electron chi connectivity index (χ0n) is 11.7. The van der Waals surface area contributed by atoms with Crippen LogP contribution in [0.4, 0.5) is 0 Å². The Kier molecular flexibility index (Phi) is 4.14. The molecule has 2 rings (SSSR count). The Balaban J connectivity index is 2.19. The van der Waals surface area contributed by atoms with Crippen molar-refractivity contribution in [3.05, 3.63) is 23.8 Å². The van der Waals surface area contributed by atoms with Crippen molar-refractivity contribution < 1.29 is 14.3 Å². The Morgan fingerprint density at radius 3 is 2.55 bits per heavy atom. The largest absolute Gasteiger partial charge is 0.486 e. The number of hydrogen-bond donors (Lipinski definition) is 1. The summed E-state index contributed by atoms with van der Waals surface area (Å²) in [6, 6.07) is 7.23. The first-order chi connectivity index (χ1) is 9.64. The van der Waals surface area contributed by atoms with Crippen LogP contribution in [0.3, 0.4) is 0 Å². The summed E-state index contributed by atoms with van der Waals surface area (Å²) >= 11 is 0. The number of ether oxygens (including phenoxy) is 2. The van der Waals surface area contributed by atoms with Crippen molar-refractivity contribution in [1.29, 1.82) is 5.26 Å². The van der Waals surface area contributed by atoms with Crippen LogP contribution in [-0.4, -0.2) is 24.7 Å². The molecule has 0 saturated carbocycles. The number of rotatable bonds is 4. The summed E-state index contributed by atoms with van der Waals surface area (Å²) in [5, 5.41) is 12.1. The summed E-state index contributed by atoms with van der Waals surface area (Å²) in [6.07, 6.45) is 1.13. The molecule has 1 aliphatic rings. The lowest BCUT2D eigenvalue weighted by atomic mass is 9.94. The van der Waals surface area contributed by atoms with Crippen LogP contribution in [-0.2, 0) is 0 Å². The van der Waals surface area contributed by atoms with E-state index in [-0.39, 0.29) is 5.91 Å². The van der Waals surface area contributed by atoms with Crippen molar-refractivity contribution in [3.8, 4) is 17.6 Å². The van der Waals surface area contributed by atoms with Gasteiger partial charge in [0.15, 0.2) is 11.5 Å². The fraction of sp³-hybridized carbons (Fsp3) is 0.467. The van der Waals surface area contributed by atoms with Gasteiger partial charge in [-0.1, -0.05) is 13.8 Å². The van der Waals surface area contributed by atoms with E-state index in [1.54, 1.807) is 18.2 Å². The molecule has 106 valence electrons. The molecule has 5 heteroatoms. The van der Waals surface area contributed by atoms with Gasteiger partial charge in [-0.25, -0.2) is 0 Å². The van der Waals surface area contributed by atoms with Gasteiger partial charge >= 0.3 is 0 Å². The van der Waals surface area contributed by atoms with E-state index in [0.29, 0.717) is 43.1 Å². The Hall–Kier alpha value is -2.22. The number of carbonyl (C=O) groups is 1. The molecule has 1 N–H and O–H groups in total. The molecule has 1 amide bonds. The van der Waals surface area contributed by atoms with Gasteiger partial charge in [-0.2, -0.15) is 5.26 Å². The zero-order valence-corrected chi connectivity index (χ0v) is 11.7. The summed E-state index contributed by atoms with van der Waals surface area (Å²) in [4.78, 5) is 12.3. The van der Waals surface area contributed by atoms with Crippen LogP contribution in [0.15, 0.2) is 18.2 Å². The minimum absolute atomic E-state index is 0.271. The number of hydrogen-bond acceptors (Lipinski definition) is 4. The maximum Gasteiger partial charge on any atom is 0.252 e. The molecule has 0 bridgehead atoms. The van der Waals surface area contributed by atoms with Crippen LogP contribution < -0.4 is 14.8 Å². The molecule has 0 fully saturated rings. The molecular formula is C15H18N2O3. The number of nitriles is 1. The molecule has 5 nitrogen and oxygen atoms in total. The maximum absolute atomic E-state index is 12.3. The molecule has 0 unspecified atom stereocenters. The predicted octanol–water partition coefficient (Wildman–Crippen LogP) is 2.27. The lowest BCUT2D eigenvalue weighted by Gasteiger charge is -2.25. The summed E-state index contributed by atoms with van der Waals surface area (Å²) in [6.45, 7) is 4.76. The fourth-order valence-corrected chi connectivity index (χ4v) is 2.09. The van der Waals surface area contributed by atoms with Crippen LogP contribution in [0.5, 0.6) is 11.5 Å². The highest BCUT2D eigenvalue weighted by Gasteiger charge is 2.28. The van der Waals surface area contributed by atoms with E-state index in [0.717, 1.165) is 0 Å². The summed E-state index contributed by atoms with van der Waals surface area (Å²) in [7, 11) is 0. The minimum Gasteiger partial charge on any atom is -0.486 e. The highest BCUT2D eigenvalue weighted by molar-refractivity contribution is 5.95. The summed E-state index contributed by atoms with van der Waals surface area (Å²) in [5.41, 5.74) is -0.347. The van der Waals surface area contributed by atoms with Crippen molar-refractivity contribution >= 4 is 5.91 Å². The number of nitrogens with one attached hydrogen (secondary N) is 1. The second kappa shape index (κ2) is 5.83.